The maximum Gasteiger partial charge on any atom is 0.385 e. The average molecular weight is 178 g/mol. The fraction of sp³-hybridized carbons (Fsp3) is 0.333. The van der Waals surface area contributed by atoms with Crippen LogP contribution in [0.2, 0.25) is 0 Å². The van der Waals surface area contributed by atoms with Crippen LogP contribution in [0.3, 0.4) is 0 Å². The molecule has 0 aliphatic rings. The topological polar surface area (TPSA) is 51.6 Å². The van der Waals surface area contributed by atoms with Gasteiger partial charge in [-0.2, -0.15) is 0 Å². The molecule has 1 aromatic carbocycles. The van der Waals surface area contributed by atoms with Gasteiger partial charge in [0, 0.05) is 31.4 Å². The summed E-state index contributed by atoms with van der Waals surface area (Å²) < 4.78 is 0. The van der Waals surface area contributed by atoms with Gasteiger partial charge in [0.05, 0.1) is 6.61 Å². The van der Waals surface area contributed by atoms with Crippen molar-refractivity contribution < 1.29 is 5.11 Å². The molecule has 1 N–H and O–H groups in total. The minimum Gasteiger partial charge on any atom is -0.395 e. The molecule has 0 aliphatic carbocycles. The van der Waals surface area contributed by atoms with E-state index >= 15 is 0 Å². The summed E-state index contributed by atoms with van der Waals surface area (Å²) in [5.74, 6) is 0. The Morgan fingerprint density at radius 1 is 1.38 bits per heavy atom. The van der Waals surface area contributed by atoms with Crippen LogP contribution in [-0.2, 0) is 0 Å². The zero-order valence-corrected chi connectivity index (χ0v) is 7.51. The second-order valence-corrected chi connectivity index (χ2v) is 2.76. The van der Waals surface area contributed by atoms with Crippen LogP contribution >= 0.6 is 0 Å². The molecule has 1 rings (SSSR count). The third-order valence-electron chi connectivity index (χ3n) is 1.84. The first-order valence-electron chi connectivity index (χ1n) is 4.05. The minimum atomic E-state index is 0.128. The number of likely N-dealkylation sites (N-methyl/N-ethyl adjacent to an activating group) is 1. The van der Waals surface area contributed by atoms with E-state index < -0.39 is 0 Å². The number of diazo groups is 1. The lowest BCUT2D eigenvalue weighted by atomic mass is 10.2. The number of benzene rings is 1. The summed E-state index contributed by atoms with van der Waals surface area (Å²) in [5.41, 5.74) is 1.52. The van der Waals surface area contributed by atoms with Crippen molar-refractivity contribution in [1.29, 1.82) is 5.39 Å². The van der Waals surface area contributed by atoms with E-state index in [0.717, 1.165) is 5.69 Å². The molecule has 0 fully saturated rings. The van der Waals surface area contributed by atoms with Gasteiger partial charge in [0.1, 0.15) is 0 Å². The normalized spacial score (nSPS) is 9.31. The predicted molar refractivity (Wildman–Crippen MR) is 51.5 cm³/mol. The van der Waals surface area contributed by atoms with Gasteiger partial charge < -0.3 is 10.0 Å². The first-order valence-corrected chi connectivity index (χ1v) is 4.05. The molecule has 13 heavy (non-hydrogen) atoms. The number of rotatable bonds is 3. The van der Waals surface area contributed by atoms with Crippen LogP contribution in [0.25, 0.3) is 4.98 Å². The Balaban J connectivity index is 2.75. The summed E-state index contributed by atoms with van der Waals surface area (Å²) in [5, 5.41) is 17.1. The molecule has 0 radical (unpaired) electrons. The van der Waals surface area contributed by atoms with Gasteiger partial charge in [0.25, 0.3) is 0 Å². The molecule has 0 saturated carbocycles. The Morgan fingerprint density at radius 3 is 2.46 bits per heavy atom. The lowest BCUT2D eigenvalue weighted by Crippen LogP contribution is -2.20. The Hall–Kier alpha value is -1.60. The smallest absolute Gasteiger partial charge is 0.385 e. The van der Waals surface area contributed by atoms with Crippen LogP contribution < -0.4 is 4.90 Å². The lowest BCUT2D eigenvalue weighted by Gasteiger charge is -2.16. The highest BCUT2D eigenvalue weighted by atomic mass is 16.3. The third-order valence-corrected chi connectivity index (χ3v) is 1.84. The maximum atomic E-state index is 8.70. The molecule has 4 nitrogen and oxygen atoms in total. The van der Waals surface area contributed by atoms with Gasteiger partial charge in [-0.1, -0.05) is 0 Å². The van der Waals surface area contributed by atoms with Crippen molar-refractivity contribution in [2.24, 2.45) is 0 Å². The predicted octanol–water partition coefficient (Wildman–Crippen LogP) is 1.60. The number of aliphatic hydroxyl groups excluding tert-OH is 1. The van der Waals surface area contributed by atoms with Crippen LogP contribution in [-0.4, -0.2) is 25.3 Å². The summed E-state index contributed by atoms with van der Waals surface area (Å²) in [7, 11) is 1.89. The van der Waals surface area contributed by atoms with Crippen molar-refractivity contribution in [2.45, 2.75) is 0 Å². The summed E-state index contributed by atoms with van der Waals surface area (Å²) >= 11 is 0. The molecule has 0 aromatic heterocycles. The van der Waals surface area contributed by atoms with Crippen LogP contribution in [0.15, 0.2) is 24.3 Å². The summed E-state index contributed by atoms with van der Waals surface area (Å²) in [6.07, 6.45) is 0. The Labute approximate surface area is 77.0 Å². The maximum absolute atomic E-state index is 8.70. The van der Waals surface area contributed by atoms with Gasteiger partial charge in [-0.15, -0.1) is 0 Å². The van der Waals surface area contributed by atoms with E-state index in [4.69, 9.17) is 10.5 Å². The minimum absolute atomic E-state index is 0.128. The molecule has 0 bridgehead atoms. The van der Waals surface area contributed by atoms with Crippen LogP contribution in [0.1, 0.15) is 0 Å². The average Bonchev–Trinajstić information content (AvgIpc) is 2.18. The van der Waals surface area contributed by atoms with Crippen LogP contribution in [0.4, 0.5) is 11.4 Å². The summed E-state index contributed by atoms with van der Waals surface area (Å²) in [4.78, 5) is 4.97. The molecule has 0 atom stereocenters. The molecule has 0 saturated heterocycles. The Kier molecular flexibility index (Phi) is 3.23. The standard InChI is InChI=1S/C9H12N3O/c1-12(6-7-13)9-4-2-8(11-10)3-5-9/h2-5,13H,6-7H2,1H3/q+1. The van der Waals surface area contributed by atoms with Crippen LogP contribution in [0, 0.1) is 5.39 Å². The fourth-order valence-corrected chi connectivity index (χ4v) is 1.05. The van der Waals surface area contributed by atoms with Gasteiger partial charge in [0.15, 0.2) is 4.98 Å². The molecular weight excluding hydrogens is 166 g/mol. The summed E-state index contributed by atoms with van der Waals surface area (Å²) in [6, 6.07) is 7.10. The van der Waals surface area contributed by atoms with Gasteiger partial charge in [-0.05, 0) is 12.1 Å². The molecular formula is C9H12N3O+. The first-order chi connectivity index (χ1) is 6.27. The zero-order valence-electron chi connectivity index (χ0n) is 7.51. The Morgan fingerprint density at radius 2 is 2.00 bits per heavy atom. The molecule has 68 valence electrons. The highest BCUT2D eigenvalue weighted by Gasteiger charge is 2.04. The van der Waals surface area contributed by atoms with E-state index in [-0.39, 0.29) is 6.61 Å². The van der Waals surface area contributed by atoms with E-state index in [0.29, 0.717) is 12.2 Å². The van der Waals surface area contributed by atoms with E-state index in [1.54, 1.807) is 12.1 Å². The van der Waals surface area contributed by atoms with E-state index in [1.807, 2.05) is 24.1 Å². The molecule has 0 aliphatic heterocycles. The first kappa shape index (κ1) is 9.49. The number of hydrogen-bond acceptors (Lipinski definition) is 3. The van der Waals surface area contributed by atoms with Crippen molar-refractivity contribution >= 4 is 11.4 Å². The number of hydrogen-bond donors (Lipinski definition) is 1. The molecule has 1 aromatic rings. The fourth-order valence-electron chi connectivity index (χ4n) is 1.05. The largest absolute Gasteiger partial charge is 0.395 e. The Bertz CT molecular complexity index is 302. The second-order valence-electron chi connectivity index (χ2n) is 2.76. The zero-order chi connectivity index (χ0) is 9.68. The number of nitrogens with zero attached hydrogens (tertiary/aromatic N) is 3. The van der Waals surface area contributed by atoms with Gasteiger partial charge in [-0.25, -0.2) is 0 Å². The molecule has 0 amide bonds. The van der Waals surface area contributed by atoms with E-state index in [2.05, 4.69) is 4.98 Å². The second kappa shape index (κ2) is 4.43. The van der Waals surface area contributed by atoms with E-state index in [9.17, 15) is 0 Å². The molecule has 0 spiro atoms. The highest BCUT2D eigenvalue weighted by Crippen LogP contribution is 2.18. The van der Waals surface area contributed by atoms with Gasteiger partial charge >= 0.3 is 5.69 Å². The van der Waals surface area contributed by atoms with Crippen molar-refractivity contribution in [3.63, 3.8) is 0 Å². The number of aliphatic hydroxyl groups is 1. The monoisotopic (exact) mass is 178 g/mol. The van der Waals surface area contributed by atoms with E-state index in [1.165, 1.54) is 0 Å². The molecule has 0 heterocycles. The molecule has 4 heteroatoms. The van der Waals surface area contributed by atoms with Crippen molar-refractivity contribution in [2.75, 3.05) is 25.1 Å². The third kappa shape index (κ3) is 2.42. The highest BCUT2D eigenvalue weighted by molar-refractivity contribution is 5.54. The lowest BCUT2D eigenvalue weighted by molar-refractivity contribution is 0.304. The summed E-state index contributed by atoms with van der Waals surface area (Å²) in [6.45, 7) is 0.720. The van der Waals surface area contributed by atoms with Crippen molar-refractivity contribution in [1.82, 2.24) is 0 Å². The van der Waals surface area contributed by atoms with Crippen LogP contribution in [0.5, 0.6) is 0 Å². The quantitative estimate of drug-likeness (QED) is 0.715. The SMILES string of the molecule is CN(CCO)c1ccc([N+]#N)cc1. The molecule has 0 unspecified atom stereocenters. The van der Waals surface area contributed by atoms with Gasteiger partial charge in [-0.3, -0.25) is 0 Å². The van der Waals surface area contributed by atoms with Crippen molar-refractivity contribution in [3.8, 4) is 0 Å². The van der Waals surface area contributed by atoms with Gasteiger partial charge in [0.2, 0.25) is 5.39 Å². The van der Waals surface area contributed by atoms with Crippen molar-refractivity contribution in [3.05, 3.63) is 29.2 Å². The number of anilines is 1.